The molecule has 0 aromatic carbocycles. The van der Waals surface area contributed by atoms with Gasteiger partial charge in [0.2, 0.25) is 10.0 Å². The summed E-state index contributed by atoms with van der Waals surface area (Å²) in [6, 6.07) is -1.24. The Morgan fingerprint density at radius 3 is 2.25 bits per heavy atom. The van der Waals surface area contributed by atoms with Gasteiger partial charge in [0, 0.05) is 0 Å². The summed E-state index contributed by atoms with van der Waals surface area (Å²) < 4.78 is 35.7. The predicted molar refractivity (Wildman–Crippen MR) is 71.4 cm³/mol. The molecule has 8 heteroatoms. The second-order valence-corrected chi connectivity index (χ2v) is 6.77. The number of hydrogen-bond donors (Lipinski definition) is 1. The number of carbonyl (C=O) groups is 2. The van der Waals surface area contributed by atoms with Gasteiger partial charge in [-0.15, -0.1) is 0 Å². The van der Waals surface area contributed by atoms with Crippen molar-refractivity contribution in [1.29, 1.82) is 0 Å². The largest absolute Gasteiger partial charge is 0.469 e. The Morgan fingerprint density at radius 2 is 1.75 bits per heavy atom. The van der Waals surface area contributed by atoms with Crippen molar-refractivity contribution in [3.8, 4) is 0 Å². The molecule has 7 nitrogen and oxygen atoms in total. The van der Waals surface area contributed by atoms with Crippen LogP contribution in [0.2, 0.25) is 0 Å². The molecule has 1 rings (SSSR count). The summed E-state index contributed by atoms with van der Waals surface area (Å²) in [5, 5.41) is -0.513. The fourth-order valence-corrected chi connectivity index (χ4v) is 3.96. The summed E-state index contributed by atoms with van der Waals surface area (Å²) in [5.41, 5.74) is 0. The van der Waals surface area contributed by atoms with Crippen molar-refractivity contribution in [2.75, 3.05) is 14.2 Å². The topological polar surface area (TPSA) is 98.8 Å². The summed E-state index contributed by atoms with van der Waals surface area (Å²) in [4.78, 5) is 22.8. The number of rotatable bonds is 6. The van der Waals surface area contributed by atoms with Gasteiger partial charge in [-0.05, 0) is 12.8 Å². The fraction of sp³-hybridized carbons (Fsp3) is 0.833. The molecule has 0 bridgehead atoms. The van der Waals surface area contributed by atoms with Crippen molar-refractivity contribution < 1.29 is 27.5 Å². The standard InChI is InChI=1S/C12H21NO6S/c1-18-11(14)8-10(12(15)19-2)13-20(16,17)9-6-4-3-5-7-9/h9-10,13H,3-8H2,1-2H3. The van der Waals surface area contributed by atoms with Gasteiger partial charge in [-0.2, -0.15) is 0 Å². The molecule has 0 aromatic heterocycles. The van der Waals surface area contributed by atoms with Crippen LogP contribution >= 0.6 is 0 Å². The van der Waals surface area contributed by atoms with E-state index in [9.17, 15) is 18.0 Å². The Balaban J connectivity index is 2.76. The molecule has 1 unspecified atom stereocenters. The van der Waals surface area contributed by atoms with Gasteiger partial charge in [-0.25, -0.2) is 13.1 Å². The van der Waals surface area contributed by atoms with E-state index >= 15 is 0 Å². The van der Waals surface area contributed by atoms with Crippen molar-refractivity contribution in [2.45, 2.75) is 49.8 Å². The highest BCUT2D eigenvalue weighted by Gasteiger charge is 2.33. The van der Waals surface area contributed by atoms with Crippen LogP contribution in [0.25, 0.3) is 0 Å². The number of hydrogen-bond acceptors (Lipinski definition) is 6. The van der Waals surface area contributed by atoms with Gasteiger partial charge >= 0.3 is 11.9 Å². The maximum atomic E-state index is 12.2. The zero-order chi connectivity index (χ0) is 15.2. The Kier molecular flexibility index (Phi) is 6.41. The third-order valence-electron chi connectivity index (χ3n) is 3.38. The van der Waals surface area contributed by atoms with Crippen molar-refractivity contribution in [2.24, 2.45) is 0 Å². The van der Waals surface area contributed by atoms with E-state index in [4.69, 9.17) is 0 Å². The van der Waals surface area contributed by atoms with E-state index in [1.807, 2.05) is 0 Å². The summed E-state index contributed by atoms with van der Waals surface area (Å²) >= 11 is 0. The van der Waals surface area contributed by atoms with Crippen LogP contribution in [0.5, 0.6) is 0 Å². The number of esters is 2. The Labute approximate surface area is 119 Å². The molecule has 0 radical (unpaired) electrons. The van der Waals surface area contributed by atoms with Gasteiger partial charge in [0.1, 0.15) is 6.04 Å². The summed E-state index contributed by atoms with van der Waals surface area (Å²) in [6.45, 7) is 0. The SMILES string of the molecule is COC(=O)CC(NS(=O)(=O)C1CCCCC1)C(=O)OC. The molecule has 0 heterocycles. The van der Waals surface area contributed by atoms with Crippen LogP contribution in [0.4, 0.5) is 0 Å². The van der Waals surface area contributed by atoms with E-state index in [-0.39, 0.29) is 6.42 Å². The van der Waals surface area contributed by atoms with E-state index < -0.39 is 33.3 Å². The second kappa shape index (κ2) is 7.58. The lowest BCUT2D eigenvalue weighted by Crippen LogP contribution is -2.47. The minimum Gasteiger partial charge on any atom is -0.469 e. The van der Waals surface area contributed by atoms with E-state index in [0.717, 1.165) is 26.4 Å². The first-order valence-electron chi connectivity index (χ1n) is 6.56. The first-order valence-corrected chi connectivity index (χ1v) is 8.11. The van der Waals surface area contributed by atoms with Gasteiger partial charge in [0.25, 0.3) is 0 Å². The lowest BCUT2D eigenvalue weighted by molar-refractivity contribution is -0.149. The zero-order valence-electron chi connectivity index (χ0n) is 11.8. The van der Waals surface area contributed by atoms with E-state index in [2.05, 4.69) is 14.2 Å². The maximum absolute atomic E-state index is 12.2. The number of sulfonamides is 1. The minimum absolute atomic E-state index is 0.380. The van der Waals surface area contributed by atoms with Crippen LogP contribution < -0.4 is 4.72 Å². The third kappa shape index (κ3) is 4.75. The lowest BCUT2D eigenvalue weighted by Gasteiger charge is -2.24. The predicted octanol–water partition coefficient (Wildman–Crippen LogP) is 0.343. The molecule has 0 aromatic rings. The quantitative estimate of drug-likeness (QED) is 0.711. The number of methoxy groups -OCH3 is 2. The van der Waals surface area contributed by atoms with Crippen molar-refractivity contribution in [1.82, 2.24) is 4.72 Å². The molecule has 116 valence electrons. The normalized spacial score (nSPS) is 18.3. The zero-order valence-corrected chi connectivity index (χ0v) is 12.6. The van der Waals surface area contributed by atoms with E-state index in [1.54, 1.807) is 0 Å². The number of nitrogens with one attached hydrogen (secondary N) is 1. The molecule has 1 saturated carbocycles. The van der Waals surface area contributed by atoms with Gasteiger partial charge in [-0.3, -0.25) is 9.59 Å². The monoisotopic (exact) mass is 307 g/mol. The maximum Gasteiger partial charge on any atom is 0.324 e. The van der Waals surface area contributed by atoms with Crippen LogP contribution in [0.3, 0.4) is 0 Å². The Hall–Kier alpha value is -1.15. The van der Waals surface area contributed by atoms with Crippen LogP contribution in [-0.4, -0.2) is 45.9 Å². The van der Waals surface area contributed by atoms with E-state index in [1.165, 1.54) is 7.11 Å². The molecule has 0 amide bonds. The van der Waals surface area contributed by atoms with Crippen molar-refractivity contribution in [3.05, 3.63) is 0 Å². The van der Waals surface area contributed by atoms with Crippen molar-refractivity contribution in [3.63, 3.8) is 0 Å². The molecule has 0 spiro atoms. The van der Waals surface area contributed by atoms with Gasteiger partial charge in [0.05, 0.1) is 25.9 Å². The molecular formula is C12H21NO6S. The number of ether oxygens (including phenoxy) is 2. The highest BCUT2D eigenvalue weighted by Crippen LogP contribution is 2.23. The van der Waals surface area contributed by atoms with Gasteiger partial charge < -0.3 is 9.47 Å². The second-order valence-electron chi connectivity index (χ2n) is 4.78. The highest BCUT2D eigenvalue weighted by atomic mass is 32.2. The Bertz CT molecular complexity index is 441. The average Bonchev–Trinajstić information content (AvgIpc) is 2.46. The Morgan fingerprint density at radius 1 is 1.15 bits per heavy atom. The van der Waals surface area contributed by atoms with Crippen LogP contribution in [0.1, 0.15) is 38.5 Å². The molecule has 1 aliphatic carbocycles. The molecule has 0 aliphatic heterocycles. The highest BCUT2D eigenvalue weighted by molar-refractivity contribution is 7.90. The molecule has 1 atom stereocenters. The lowest BCUT2D eigenvalue weighted by atomic mass is 10.0. The molecule has 1 fully saturated rings. The first kappa shape index (κ1) is 16.9. The molecule has 1 N–H and O–H groups in total. The molecular weight excluding hydrogens is 286 g/mol. The minimum atomic E-state index is -3.65. The average molecular weight is 307 g/mol. The third-order valence-corrected chi connectivity index (χ3v) is 5.34. The summed E-state index contributed by atoms with van der Waals surface area (Å²) in [5.74, 6) is -1.47. The molecule has 20 heavy (non-hydrogen) atoms. The van der Waals surface area contributed by atoms with Gasteiger partial charge in [-0.1, -0.05) is 19.3 Å². The van der Waals surface area contributed by atoms with Gasteiger partial charge in [0.15, 0.2) is 0 Å². The van der Waals surface area contributed by atoms with Crippen LogP contribution in [0, 0.1) is 0 Å². The summed E-state index contributed by atoms with van der Waals surface area (Å²) in [7, 11) is -1.34. The molecule has 1 aliphatic rings. The van der Waals surface area contributed by atoms with Crippen LogP contribution in [-0.2, 0) is 29.1 Å². The number of carbonyl (C=O) groups excluding carboxylic acids is 2. The van der Waals surface area contributed by atoms with E-state index in [0.29, 0.717) is 12.8 Å². The fourth-order valence-electron chi connectivity index (χ4n) is 2.24. The molecule has 0 saturated heterocycles. The summed E-state index contributed by atoms with van der Waals surface area (Å²) in [6.07, 6.45) is 3.49. The van der Waals surface area contributed by atoms with Crippen molar-refractivity contribution >= 4 is 22.0 Å². The smallest absolute Gasteiger partial charge is 0.324 e. The van der Waals surface area contributed by atoms with Crippen LogP contribution in [0.15, 0.2) is 0 Å². The first-order chi connectivity index (χ1) is 9.40.